The van der Waals surface area contributed by atoms with Crippen LogP contribution in [0.5, 0.6) is 0 Å². The average molecular weight is 1020 g/mol. The molecule has 1 aromatic heterocycles. The van der Waals surface area contributed by atoms with Gasteiger partial charge in [0.05, 0.1) is 11.0 Å². The highest BCUT2D eigenvalue weighted by molar-refractivity contribution is 6.11. The number of rotatable bonds is 11. The van der Waals surface area contributed by atoms with E-state index >= 15 is 8.78 Å². The molecular weight excluding hydrogens is 969 g/mol. The number of para-hydroxylation sites is 1. The van der Waals surface area contributed by atoms with Gasteiger partial charge in [-0.3, -0.25) is 0 Å². The Labute approximate surface area is 457 Å². The highest BCUT2D eigenvalue weighted by Crippen LogP contribution is 2.46. The van der Waals surface area contributed by atoms with Gasteiger partial charge in [0.15, 0.2) is 0 Å². The first kappa shape index (κ1) is 47.1. The second-order valence-corrected chi connectivity index (χ2v) is 20.1. The zero-order valence-corrected chi connectivity index (χ0v) is 42.9. The van der Waals surface area contributed by atoms with E-state index in [9.17, 15) is 0 Å². The molecule has 79 heavy (non-hydrogen) atoms. The molecule has 0 spiro atoms. The lowest BCUT2D eigenvalue weighted by Crippen LogP contribution is -2.14. The molecule has 0 radical (unpaired) electrons. The van der Waals surface area contributed by atoms with Crippen LogP contribution in [-0.2, 0) is 0 Å². The summed E-state index contributed by atoms with van der Waals surface area (Å²) in [5.41, 5.74) is 17.2. The van der Waals surface area contributed by atoms with Crippen LogP contribution < -0.4 is 9.80 Å². The number of nitrogens with zero attached hydrogens (tertiary/aromatic N) is 3. The lowest BCUT2D eigenvalue weighted by Gasteiger charge is -2.30. The zero-order valence-electron chi connectivity index (χ0n) is 42.9. The lowest BCUT2D eigenvalue weighted by atomic mass is 9.98. The summed E-state index contributed by atoms with van der Waals surface area (Å²) in [5.74, 6) is -0.640. The van der Waals surface area contributed by atoms with E-state index in [1.165, 1.54) is 29.8 Å². The van der Waals surface area contributed by atoms with Crippen LogP contribution in [0.2, 0.25) is 0 Å². The van der Waals surface area contributed by atoms with Gasteiger partial charge in [0.2, 0.25) is 0 Å². The largest absolute Gasteiger partial charge is 0.310 e. The van der Waals surface area contributed by atoms with E-state index in [0.29, 0.717) is 0 Å². The summed E-state index contributed by atoms with van der Waals surface area (Å²) in [6.45, 7) is 0. The first-order valence-corrected chi connectivity index (χ1v) is 26.6. The average Bonchev–Trinajstić information content (AvgIpc) is 4.09. The van der Waals surface area contributed by atoms with Gasteiger partial charge in [-0.25, -0.2) is 8.78 Å². The Balaban J connectivity index is 0.972. The number of hydrogen-bond donors (Lipinski definition) is 0. The molecule has 0 aliphatic carbocycles. The quantitative estimate of drug-likeness (QED) is 0.128. The summed E-state index contributed by atoms with van der Waals surface area (Å²) >= 11 is 0. The molecule has 14 rings (SSSR count). The van der Waals surface area contributed by atoms with Gasteiger partial charge in [0.1, 0.15) is 11.6 Å². The summed E-state index contributed by atoms with van der Waals surface area (Å²) in [7, 11) is 0. The van der Waals surface area contributed by atoms with Gasteiger partial charge in [-0.1, -0.05) is 164 Å². The number of halogens is 2. The van der Waals surface area contributed by atoms with E-state index in [1.54, 1.807) is 0 Å². The second kappa shape index (κ2) is 20.0. The zero-order chi connectivity index (χ0) is 52.8. The van der Waals surface area contributed by atoms with E-state index in [1.807, 2.05) is 42.5 Å². The fraction of sp³-hybridized carbons (Fsp3) is 0. The van der Waals surface area contributed by atoms with Crippen molar-refractivity contribution in [2.24, 2.45) is 0 Å². The molecule has 374 valence electrons. The normalized spacial score (nSPS) is 11.4. The van der Waals surface area contributed by atoms with Crippen LogP contribution in [-0.4, -0.2) is 4.57 Å². The van der Waals surface area contributed by atoms with Gasteiger partial charge in [-0.05, 0) is 200 Å². The summed E-state index contributed by atoms with van der Waals surface area (Å²) in [5, 5.41) is 6.60. The predicted octanol–water partition coefficient (Wildman–Crippen LogP) is 21.0. The number of fused-ring (bicyclic) bond motifs is 5. The smallest absolute Gasteiger partial charge is 0.123 e. The number of benzene rings is 13. The molecule has 0 atom stereocenters. The molecule has 0 aliphatic heterocycles. The predicted molar refractivity (Wildman–Crippen MR) is 327 cm³/mol. The maximum absolute atomic E-state index is 15.0. The molecule has 5 heteroatoms. The molecule has 14 aromatic rings. The first-order chi connectivity index (χ1) is 38.9. The van der Waals surface area contributed by atoms with E-state index in [0.717, 1.165) is 122 Å². The molecular formula is C74H49F2N3. The van der Waals surface area contributed by atoms with Crippen LogP contribution in [0.25, 0.3) is 93.5 Å². The Morgan fingerprint density at radius 2 is 0.608 bits per heavy atom. The third kappa shape index (κ3) is 9.03. The molecule has 0 fully saturated rings. The monoisotopic (exact) mass is 1020 g/mol. The molecule has 0 bridgehead atoms. The number of aromatic nitrogens is 1. The molecule has 13 aromatic carbocycles. The molecule has 3 nitrogen and oxygen atoms in total. The maximum atomic E-state index is 15.0. The molecule has 1 heterocycles. The Morgan fingerprint density at radius 3 is 1.13 bits per heavy atom. The minimum Gasteiger partial charge on any atom is -0.310 e. The Hall–Kier alpha value is -10.4. The van der Waals surface area contributed by atoms with Crippen molar-refractivity contribution >= 4 is 77.5 Å². The van der Waals surface area contributed by atoms with Crippen molar-refractivity contribution in [1.29, 1.82) is 0 Å². The van der Waals surface area contributed by atoms with Gasteiger partial charge >= 0.3 is 0 Å². The Morgan fingerprint density at radius 1 is 0.228 bits per heavy atom. The third-order valence-corrected chi connectivity index (χ3v) is 15.2. The van der Waals surface area contributed by atoms with Crippen LogP contribution in [0, 0.1) is 11.6 Å². The lowest BCUT2D eigenvalue weighted by molar-refractivity contribution is 0.627. The molecule has 0 amide bonds. The van der Waals surface area contributed by atoms with E-state index < -0.39 is 0 Å². The summed E-state index contributed by atoms with van der Waals surface area (Å²) in [6.07, 6.45) is 0. The summed E-state index contributed by atoms with van der Waals surface area (Å²) in [4.78, 5) is 4.41. The highest BCUT2D eigenvalue weighted by atomic mass is 19.1. The van der Waals surface area contributed by atoms with Crippen molar-refractivity contribution in [2.45, 2.75) is 0 Å². The SMILES string of the molecule is Fc1ccc(N(c2cc(-c3ccc4c(c3)c3ccccc3n4-c3ccc(-c4ccccc4)cc3)cc(N(c3ccc(F)cc3)c3ccc4cc(-c5ccccc5)ccc4c3)c2)c2ccc3cc(-c4ccccc4)ccc3c2)cc1. The van der Waals surface area contributed by atoms with Crippen molar-refractivity contribution in [3.63, 3.8) is 0 Å². The van der Waals surface area contributed by atoms with E-state index in [4.69, 9.17) is 0 Å². The molecule has 0 aliphatic rings. The van der Waals surface area contributed by atoms with Crippen molar-refractivity contribution < 1.29 is 8.78 Å². The standard InChI is InChI=1S/C74H49F2N3/c75-62-29-37-64(38-30-62)77(67-35-26-56-42-54(20-22-58(56)44-67)51-14-6-2-7-15-51)69-46-61(60-28-41-74-72(48-60)71-18-10-11-19-73(71)79(74)66-33-24-53(25-34-66)50-12-4-1-5-13-50)47-70(49-69)78(65-39-31-63(76)32-40-65)68-36-27-57-43-55(21-23-59(57)45-68)52-16-8-3-9-17-52/h1-49H. The highest BCUT2D eigenvalue weighted by Gasteiger charge is 2.22. The Bertz CT molecular complexity index is 4350. The fourth-order valence-corrected chi connectivity index (χ4v) is 11.3. The first-order valence-electron chi connectivity index (χ1n) is 26.6. The van der Waals surface area contributed by atoms with Gasteiger partial charge in [-0.2, -0.15) is 0 Å². The maximum Gasteiger partial charge on any atom is 0.123 e. The fourth-order valence-electron chi connectivity index (χ4n) is 11.3. The van der Waals surface area contributed by atoms with Crippen molar-refractivity contribution in [1.82, 2.24) is 4.57 Å². The van der Waals surface area contributed by atoms with Crippen molar-refractivity contribution in [3.8, 4) is 50.2 Å². The van der Waals surface area contributed by atoms with Crippen LogP contribution >= 0.6 is 0 Å². The topological polar surface area (TPSA) is 11.4 Å². The van der Waals surface area contributed by atoms with Crippen LogP contribution in [0.1, 0.15) is 0 Å². The summed E-state index contributed by atoms with van der Waals surface area (Å²) < 4.78 is 32.4. The molecule has 0 unspecified atom stereocenters. The molecule has 0 saturated heterocycles. The van der Waals surface area contributed by atoms with Crippen LogP contribution in [0.3, 0.4) is 0 Å². The van der Waals surface area contributed by atoms with Crippen LogP contribution in [0.15, 0.2) is 297 Å². The third-order valence-electron chi connectivity index (χ3n) is 15.2. The van der Waals surface area contributed by atoms with Crippen LogP contribution in [0.4, 0.5) is 42.9 Å². The molecule has 0 saturated carbocycles. The minimum atomic E-state index is -0.320. The number of hydrogen-bond acceptors (Lipinski definition) is 2. The van der Waals surface area contributed by atoms with Gasteiger partial charge in [0.25, 0.3) is 0 Å². The Kier molecular flexibility index (Phi) is 11.9. The number of anilines is 6. The van der Waals surface area contributed by atoms with E-state index in [2.05, 4.69) is 245 Å². The van der Waals surface area contributed by atoms with E-state index in [-0.39, 0.29) is 11.6 Å². The van der Waals surface area contributed by atoms with Crippen molar-refractivity contribution in [2.75, 3.05) is 9.80 Å². The van der Waals surface area contributed by atoms with Gasteiger partial charge < -0.3 is 14.4 Å². The van der Waals surface area contributed by atoms with Gasteiger partial charge in [0, 0.05) is 50.6 Å². The summed E-state index contributed by atoms with van der Waals surface area (Å²) in [6, 6.07) is 102. The van der Waals surface area contributed by atoms with Crippen molar-refractivity contribution in [3.05, 3.63) is 309 Å². The second-order valence-electron chi connectivity index (χ2n) is 20.1. The van der Waals surface area contributed by atoms with Gasteiger partial charge in [-0.15, -0.1) is 0 Å². The molecule has 0 N–H and O–H groups in total. The minimum absolute atomic E-state index is 0.320.